The van der Waals surface area contributed by atoms with Gasteiger partial charge in [0.25, 0.3) is 5.91 Å². The van der Waals surface area contributed by atoms with Crippen LogP contribution >= 0.6 is 11.3 Å². The number of aromatic nitrogens is 2. The Morgan fingerprint density at radius 2 is 1.87 bits per heavy atom. The quantitative estimate of drug-likeness (QED) is 0.485. The molecule has 9 heteroatoms. The van der Waals surface area contributed by atoms with Crippen molar-refractivity contribution in [2.75, 3.05) is 16.8 Å². The molecular formula is C22H20N4O4S. The SMILES string of the molecule is CC(=O)Oc1ccc(C(=O)Nc2nnc([C@@H]3CC(=O)N(c4ccccc4C)C3)s2)cc1. The number of amides is 2. The normalized spacial score (nSPS) is 15.7. The summed E-state index contributed by atoms with van der Waals surface area (Å²) in [6.45, 7) is 3.82. The fourth-order valence-corrected chi connectivity index (χ4v) is 4.26. The average Bonchev–Trinajstić information content (AvgIpc) is 3.35. The predicted molar refractivity (Wildman–Crippen MR) is 117 cm³/mol. The zero-order chi connectivity index (χ0) is 22.0. The zero-order valence-electron chi connectivity index (χ0n) is 17.0. The highest BCUT2D eigenvalue weighted by molar-refractivity contribution is 7.15. The average molecular weight is 436 g/mol. The van der Waals surface area contributed by atoms with E-state index in [0.29, 0.717) is 34.4 Å². The van der Waals surface area contributed by atoms with Crippen LogP contribution in [0.2, 0.25) is 0 Å². The molecule has 158 valence electrons. The Hall–Kier alpha value is -3.59. The van der Waals surface area contributed by atoms with Crippen molar-refractivity contribution >= 4 is 39.9 Å². The summed E-state index contributed by atoms with van der Waals surface area (Å²) < 4.78 is 4.96. The summed E-state index contributed by atoms with van der Waals surface area (Å²) in [6, 6.07) is 14.0. The Labute approximate surface area is 182 Å². The number of aryl methyl sites for hydroxylation is 1. The van der Waals surface area contributed by atoms with Crippen molar-refractivity contribution in [2.24, 2.45) is 0 Å². The third-order valence-corrected chi connectivity index (χ3v) is 5.92. The topological polar surface area (TPSA) is 101 Å². The number of nitrogens with one attached hydrogen (secondary N) is 1. The van der Waals surface area contributed by atoms with Gasteiger partial charge in [0.1, 0.15) is 10.8 Å². The molecule has 0 aliphatic carbocycles. The van der Waals surface area contributed by atoms with Crippen LogP contribution in [0.5, 0.6) is 5.75 Å². The van der Waals surface area contributed by atoms with Crippen LogP contribution in [0, 0.1) is 6.92 Å². The van der Waals surface area contributed by atoms with Crippen molar-refractivity contribution in [3.8, 4) is 5.75 Å². The second kappa shape index (κ2) is 8.65. The summed E-state index contributed by atoms with van der Waals surface area (Å²) in [6.07, 6.45) is 0.356. The molecule has 3 aromatic rings. The van der Waals surface area contributed by atoms with Crippen molar-refractivity contribution in [3.05, 3.63) is 64.7 Å². The summed E-state index contributed by atoms with van der Waals surface area (Å²) in [5.74, 6) is -0.427. The van der Waals surface area contributed by atoms with E-state index in [9.17, 15) is 14.4 Å². The summed E-state index contributed by atoms with van der Waals surface area (Å²) in [5, 5.41) is 12.1. The van der Waals surface area contributed by atoms with Crippen molar-refractivity contribution in [2.45, 2.75) is 26.2 Å². The van der Waals surface area contributed by atoms with E-state index in [4.69, 9.17) is 4.74 Å². The highest BCUT2D eigenvalue weighted by atomic mass is 32.1. The van der Waals surface area contributed by atoms with Gasteiger partial charge in [-0.05, 0) is 42.8 Å². The Balaban J connectivity index is 1.41. The third-order valence-electron chi connectivity index (χ3n) is 4.92. The van der Waals surface area contributed by atoms with Crippen LogP contribution in [0.4, 0.5) is 10.8 Å². The number of anilines is 2. The minimum absolute atomic E-state index is 0.0490. The molecule has 1 saturated heterocycles. The highest BCUT2D eigenvalue weighted by Crippen LogP contribution is 2.35. The zero-order valence-corrected chi connectivity index (χ0v) is 17.8. The van der Waals surface area contributed by atoms with Crippen LogP contribution in [-0.2, 0) is 9.59 Å². The van der Waals surface area contributed by atoms with E-state index >= 15 is 0 Å². The fraction of sp³-hybridized carbons (Fsp3) is 0.227. The molecule has 0 spiro atoms. The first kappa shape index (κ1) is 20.7. The van der Waals surface area contributed by atoms with Gasteiger partial charge < -0.3 is 9.64 Å². The number of nitrogens with zero attached hydrogens (tertiary/aromatic N) is 3. The lowest BCUT2D eigenvalue weighted by Gasteiger charge is -2.18. The minimum atomic E-state index is -0.426. The van der Waals surface area contributed by atoms with Gasteiger partial charge >= 0.3 is 5.97 Å². The molecule has 0 radical (unpaired) electrons. The molecule has 1 aliphatic rings. The summed E-state index contributed by atoms with van der Waals surface area (Å²) >= 11 is 1.27. The summed E-state index contributed by atoms with van der Waals surface area (Å²) in [5.41, 5.74) is 2.35. The molecule has 1 fully saturated rings. The molecule has 1 atom stereocenters. The van der Waals surface area contributed by atoms with Crippen LogP contribution in [-0.4, -0.2) is 34.5 Å². The highest BCUT2D eigenvalue weighted by Gasteiger charge is 2.34. The van der Waals surface area contributed by atoms with Crippen LogP contribution in [0.25, 0.3) is 0 Å². The molecule has 1 aromatic heterocycles. The van der Waals surface area contributed by atoms with E-state index in [1.807, 2.05) is 31.2 Å². The number of carbonyl (C=O) groups excluding carboxylic acids is 3. The summed E-state index contributed by atoms with van der Waals surface area (Å²) in [4.78, 5) is 37.8. The van der Waals surface area contributed by atoms with Gasteiger partial charge in [0, 0.05) is 37.1 Å². The van der Waals surface area contributed by atoms with E-state index < -0.39 is 5.97 Å². The van der Waals surface area contributed by atoms with Crippen LogP contribution in [0.15, 0.2) is 48.5 Å². The van der Waals surface area contributed by atoms with E-state index in [-0.39, 0.29) is 17.7 Å². The molecule has 0 unspecified atom stereocenters. The molecule has 0 bridgehead atoms. The minimum Gasteiger partial charge on any atom is -0.427 e. The van der Waals surface area contributed by atoms with E-state index in [0.717, 1.165) is 11.3 Å². The molecule has 4 rings (SSSR count). The van der Waals surface area contributed by atoms with Gasteiger partial charge in [-0.15, -0.1) is 10.2 Å². The molecule has 1 N–H and O–H groups in total. The standard InChI is InChI=1S/C22H20N4O4S/c1-13-5-3-4-6-18(13)26-12-16(11-19(26)28)21-24-25-22(31-21)23-20(29)15-7-9-17(10-8-15)30-14(2)27/h3-10,16H,11-12H2,1-2H3,(H,23,25,29)/t16-/m1/s1. The Morgan fingerprint density at radius 1 is 1.13 bits per heavy atom. The van der Waals surface area contributed by atoms with E-state index in [1.165, 1.54) is 18.3 Å². The first-order valence-corrected chi connectivity index (χ1v) is 10.5. The first-order chi connectivity index (χ1) is 14.9. The van der Waals surface area contributed by atoms with E-state index in [2.05, 4.69) is 15.5 Å². The van der Waals surface area contributed by atoms with Crippen molar-refractivity contribution in [1.29, 1.82) is 0 Å². The number of rotatable bonds is 5. The maximum Gasteiger partial charge on any atom is 0.308 e. The van der Waals surface area contributed by atoms with Gasteiger partial charge in [0.05, 0.1) is 0 Å². The summed E-state index contributed by atoms with van der Waals surface area (Å²) in [7, 11) is 0. The van der Waals surface area contributed by atoms with E-state index in [1.54, 1.807) is 29.2 Å². The molecule has 31 heavy (non-hydrogen) atoms. The van der Waals surface area contributed by atoms with Gasteiger partial charge in [-0.1, -0.05) is 29.5 Å². The largest absolute Gasteiger partial charge is 0.427 e. The van der Waals surface area contributed by atoms with Gasteiger partial charge in [-0.3, -0.25) is 19.7 Å². The number of carbonyl (C=O) groups is 3. The molecule has 2 amide bonds. The smallest absolute Gasteiger partial charge is 0.308 e. The van der Waals surface area contributed by atoms with Gasteiger partial charge in [0.2, 0.25) is 11.0 Å². The number of para-hydroxylation sites is 1. The fourth-order valence-electron chi connectivity index (χ4n) is 3.43. The predicted octanol–water partition coefficient (Wildman–Crippen LogP) is 3.54. The van der Waals surface area contributed by atoms with Gasteiger partial charge in [0.15, 0.2) is 0 Å². The maximum absolute atomic E-state index is 12.6. The lowest BCUT2D eigenvalue weighted by atomic mass is 10.1. The molecule has 2 heterocycles. The molecule has 2 aromatic carbocycles. The Bertz CT molecular complexity index is 1140. The number of esters is 1. The molecule has 0 saturated carbocycles. The molecular weight excluding hydrogens is 416 g/mol. The number of hydrogen-bond donors (Lipinski definition) is 1. The maximum atomic E-state index is 12.6. The second-order valence-corrected chi connectivity index (χ2v) is 8.22. The van der Waals surface area contributed by atoms with Crippen molar-refractivity contribution < 1.29 is 19.1 Å². The van der Waals surface area contributed by atoms with Crippen molar-refractivity contribution in [3.63, 3.8) is 0 Å². The second-order valence-electron chi connectivity index (χ2n) is 7.21. The lowest BCUT2D eigenvalue weighted by molar-refractivity contribution is -0.131. The Morgan fingerprint density at radius 3 is 2.58 bits per heavy atom. The number of ether oxygens (including phenoxy) is 1. The number of hydrogen-bond acceptors (Lipinski definition) is 7. The van der Waals surface area contributed by atoms with Gasteiger partial charge in [-0.2, -0.15) is 0 Å². The van der Waals surface area contributed by atoms with Crippen LogP contribution in [0.1, 0.15) is 40.2 Å². The lowest BCUT2D eigenvalue weighted by Crippen LogP contribution is -2.25. The first-order valence-electron chi connectivity index (χ1n) is 9.70. The molecule has 8 nitrogen and oxygen atoms in total. The van der Waals surface area contributed by atoms with Crippen LogP contribution < -0.4 is 15.0 Å². The monoisotopic (exact) mass is 436 g/mol. The third kappa shape index (κ3) is 4.61. The number of benzene rings is 2. The molecule has 1 aliphatic heterocycles. The van der Waals surface area contributed by atoms with Gasteiger partial charge in [-0.25, -0.2) is 0 Å². The van der Waals surface area contributed by atoms with Crippen LogP contribution in [0.3, 0.4) is 0 Å². The Kier molecular flexibility index (Phi) is 5.77. The van der Waals surface area contributed by atoms with Crippen molar-refractivity contribution in [1.82, 2.24) is 10.2 Å².